The second kappa shape index (κ2) is 4.92. The Balaban J connectivity index is 2.55. The summed E-state index contributed by atoms with van der Waals surface area (Å²) in [5, 5.41) is 2.59. The summed E-state index contributed by atoms with van der Waals surface area (Å²) in [5.74, 6) is 0.0638. The fraction of sp³-hybridized carbons (Fsp3) is 0.300. The fourth-order valence-electron chi connectivity index (χ4n) is 0.960. The molecule has 1 atom stereocenters. The van der Waals surface area contributed by atoms with Crippen LogP contribution in [0.5, 0.6) is 0 Å². The molecule has 0 bridgehead atoms. The molecule has 1 aromatic carbocycles. The van der Waals surface area contributed by atoms with E-state index in [1.807, 2.05) is 37.3 Å². The molecule has 0 spiro atoms. The molecule has 0 saturated heterocycles. The lowest BCUT2D eigenvalue weighted by Gasteiger charge is -2.08. The number of thioether (sulfide) groups is 1. The Kier molecular flexibility index (Phi) is 3.83. The Bertz CT molecular complexity index is 274. The third-order valence-electron chi connectivity index (χ3n) is 1.67. The maximum absolute atomic E-state index is 11.2. The number of amides is 1. The van der Waals surface area contributed by atoms with Gasteiger partial charge in [-0.25, -0.2) is 0 Å². The largest absolute Gasteiger partial charge is 0.358 e. The zero-order chi connectivity index (χ0) is 9.68. The van der Waals surface area contributed by atoms with Gasteiger partial charge in [0.25, 0.3) is 0 Å². The van der Waals surface area contributed by atoms with Crippen molar-refractivity contribution in [3.05, 3.63) is 30.3 Å². The predicted molar refractivity (Wildman–Crippen MR) is 55.8 cm³/mol. The summed E-state index contributed by atoms with van der Waals surface area (Å²) in [7, 11) is 1.66. The zero-order valence-corrected chi connectivity index (χ0v) is 8.60. The van der Waals surface area contributed by atoms with Crippen LogP contribution in [-0.2, 0) is 4.79 Å². The van der Waals surface area contributed by atoms with Crippen LogP contribution in [0.2, 0.25) is 0 Å². The van der Waals surface area contributed by atoms with Crippen molar-refractivity contribution in [2.45, 2.75) is 17.1 Å². The van der Waals surface area contributed by atoms with E-state index in [1.165, 1.54) is 0 Å². The van der Waals surface area contributed by atoms with Gasteiger partial charge in [-0.1, -0.05) is 18.2 Å². The van der Waals surface area contributed by atoms with E-state index in [9.17, 15) is 4.79 Å². The van der Waals surface area contributed by atoms with Gasteiger partial charge in [0.05, 0.1) is 5.25 Å². The molecule has 13 heavy (non-hydrogen) atoms. The lowest BCUT2D eigenvalue weighted by molar-refractivity contribution is -0.119. The van der Waals surface area contributed by atoms with Crippen molar-refractivity contribution in [1.29, 1.82) is 0 Å². The molecule has 0 heterocycles. The van der Waals surface area contributed by atoms with Crippen molar-refractivity contribution in [2.24, 2.45) is 0 Å². The molecule has 0 radical (unpaired) electrons. The predicted octanol–water partition coefficient (Wildman–Crippen LogP) is 1.91. The van der Waals surface area contributed by atoms with E-state index in [1.54, 1.807) is 18.8 Å². The molecule has 0 aromatic heterocycles. The minimum Gasteiger partial charge on any atom is -0.358 e. The molecule has 3 heteroatoms. The van der Waals surface area contributed by atoms with E-state index < -0.39 is 0 Å². The molecule has 2 nitrogen and oxygen atoms in total. The monoisotopic (exact) mass is 195 g/mol. The molecule has 1 N–H and O–H groups in total. The SMILES string of the molecule is CNC(=O)[C@H](C)Sc1ccccc1. The van der Waals surface area contributed by atoms with E-state index in [0.717, 1.165) is 4.90 Å². The number of rotatable bonds is 3. The summed E-state index contributed by atoms with van der Waals surface area (Å²) >= 11 is 1.56. The van der Waals surface area contributed by atoms with E-state index in [2.05, 4.69) is 5.32 Å². The molecule has 0 unspecified atom stereocenters. The first-order chi connectivity index (χ1) is 6.24. The van der Waals surface area contributed by atoms with Crippen LogP contribution in [-0.4, -0.2) is 18.2 Å². The van der Waals surface area contributed by atoms with Gasteiger partial charge in [-0.05, 0) is 19.1 Å². The fourth-order valence-corrected chi connectivity index (χ4v) is 1.91. The Morgan fingerprint density at radius 2 is 2.00 bits per heavy atom. The topological polar surface area (TPSA) is 29.1 Å². The first-order valence-electron chi connectivity index (χ1n) is 4.17. The standard InChI is InChI=1S/C10H13NOS/c1-8(10(12)11-2)13-9-6-4-3-5-7-9/h3-8H,1-2H3,(H,11,12)/t8-/m0/s1. The lowest BCUT2D eigenvalue weighted by atomic mass is 10.4. The third kappa shape index (κ3) is 3.11. The highest BCUT2D eigenvalue weighted by Gasteiger charge is 2.11. The molecule has 1 aromatic rings. The van der Waals surface area contributed by atoms with Crippen molar-refractivity contribution >= 4 is 17.7 Å². The van der Waals surface area contributed by atoms with Crippen LogP contribution in [0.15, 0.2) is 35.2 Å². The molecule has 0 aliphatic carbocycles. The summed E-state index contributed by atoms with van der Waals surface area (Å²) in [6, 6.07) is 9.92. The minimum atomic E-state index is -0.0348. The summed E-state index contributed by atoms with van der Waals surface area (Å²) in [6.07, 6.45) is 0. The number of carbonyl (C=O) groups excluding carboxylic acids is 1. The Morgan fingerprint density at radius 1 is 1.38 bits per heavy atom. The highest BCUT2D eigenvalue weighted by atomic mass is 32.2. The number of hydrogen-bond acceptors (Lipinski definition) is 2. The highest BCUT2D eigenvalue weighted by Crippen LogP contribution is 2.22. The summed E-state index contributed by atoms with van der Waals surface area (Å²) in [5.41, 5.74) is 0. The van der Waals surface area contributed by atoms with Crippen LogP contribution in [0.25, 0.3) is 0 Å². The molecular weight excluding hydrogens is 182 g/mol. The van der Waals surface area contributed by atoms with Crippen molar-refractivity contribution in [3.63, 3.8) is 0 Å². The van der Waals surface area contributed by atoms with Crippen molar-refractivity contribution in [1.82, 2.24) is 5.32 Å². The maximum atomic E-state index is 11.2. The van der Waals surface area contributed by atoms with Crippen molar-refractivity contribution < 1.29 is 4.79 Å². The summed E-state index contributed by atoms with van der Waals surface area (Å²) in [6.45, 7) is 1.90. The van der Waals surface area contributed by atoms with Gasteiger partial charge in [-0.3, -0.25) is 4.79 Å². The molecule has 1 rings (SSSR count). The second-order valence-corrected chi connectivity index (χ2v) is 4.10. The normalized spacial score (nSPS) is 12.2. The first kappa shape index (κ1) is 10.1. The van der Waals surface area contributed by atoms with E-state index in [0.29, 0.717) is 0 Å². The van der Waals surface area contributed by atoms with E-state index in [-0.39, 0.29) is 11.2 Å². The average Bonchev–Trinajstić information content (AvgIpc) is 2.18. The quantitative estimate of drug-likeness (QED) is 0.746. The number of hydrogen-bond donors (Lipinski definition) is 1. The highest BCUT2D eigenvalue weighted by molar-refractivity contribution is 8.00. The van der Waals surface area contributed by atoms with Crippen molar-refractivity contribution in [2.75, 3.05) is 7.05 Å². The lowest BCUT2D eigenvalue weighted by Crippen LogP contribution is -2.26. The molecule has 0 aliphatic heterocycles. The summed E-state index contributed by atoms with van der Waals surface area (Å²) < 4.78 is 0. The average molecular weight is 195 g/mol. The third-order valence-corrected chi connectivity index (χ3v) is 2.78. The van der Waals surface area contributed by atoms with Gasteiger partial charge in [-0.15, -0.1) is 11.8 Å². The molecule has 0 aliphatic rings. The van der Waals surface area contributed by atoms with Crippen LogP contribution >= 0.6 is 11.8 Å². The first-order valence-corrected chi connectivity index (χ1v) is 5.05. The number of benzene rings is 1. The molecule has 1 amide bonds. The Hall–Kier alpha value is -0.960. The number of carbonyl (C=O) groups is 1. The van der Waals surface area contributed by atoms with Crippen LogP contribution in [0, 0.1) is 0 Å². The minimum absolute atomic E-state index is 0.0348. The molecule has 70 valence electrons. The molecular formula is C10H13NOS. The van der Waals surface area contributed by atoms with Gasteiger partial charge in [0.15, 0.2) is 0 Å². The molecule has 0 fully saturated rings. The Labute approximate surface area is 82.7 Å². The van der Waals surface area contributed by atoms with Crippen LogP contribution in [0.4, 0.5) is 0 Å². The van der Waals surface area contributed by atoms with Gasteiger partial charge in [0.2, 0.25) is 5.91 Å². The second-order valence-electron chi connectivity index (χ2n) is 2.69. The van der Waals surface area contributed by atoms with E-state index >= 15 is 0 Å². The van der Waals surface area contributed by atoms with Gasteiger partial charge in [-0.2, -0.15) is 0 Å². The summed E-state index contributed by atoms with van der Waals surface area (Å²) in [4.78, 5) is 12.3. The zero-order valence-electron chi connectivity index (χ0n) is 7.78. The number of nitrogens with one attached hydrogen (secondary N) is 1. The van der Waals surface area contributed by atoms with Crippen LogP contribution < -0.4 is 5.32 Å². The van der Waals surface area contributed by atoms with Gasteiger partial charge >= 0.3 is 0 Å². The maximum Gasteiger partial charge on any atom is 0.232 e. The van der Waals surface area contributed by atoms with Crippen molar-refractivity contribution in [3.8, 4) is 0 Å². The van der Waals surface area contributed by atoms with E-state index in [4.69, 9.17) is 0 Å². The molecule has 0 saturated carbocycles. The smallest absolute Gasteiger partial charge is 0.232 e. The van der Waals surface area contributed by atoms with Gasteiger partial charge in [0.1, 0.15) is 0 Å². The van der Waals surface area contributed by atoms with Gasteiger partial charge < -0.3 is 5.32 Å². The Morgan fingerprint density at radius 3 is 2.54 bits per heavy atom. The van der Waals surface area contributed by atoms with Crippen LogP contribution in [0.3, 0.4) is 0 Å². The van der Waals surface area contributed by atoms with Crippen LogP contribution in [0.1, 0.15) is 6.92 Å². The van der Waals surface area contributed by atoms with Gasteiger partial charge in [0, 0.05) is 11.9 Å².